The van der Waals surface area contributed by atoms with Crippen LogP contribution in [0.3, 0.4) is 0 Å². The number of para-hydroxylation sites is 1. The maximum absolute atomic E-state index is 4.30. The fraction of sp³-hybridized carbons (Fsp3) is 0.500. The maximum Gasteiger partial charge on any atom is 0.0444 e. The molecule has 1 heterocycles. The van der Waals surface area contributed by atoms with Gasteiger partial charge in [-0.3, -0.25) is 0 Å². The summed E-state index contributed by atoms with van der Waals surface area (Å²) in [5, 5.41) is 0. The van der Waals surface area contributed by atoms with Crippen molar-refractivity contribution in [3.05, 3.63) is 89.6 Å². The smallest absolute Gasteiger partial charge is 0.0444 e. The third-order valence-corrected chi connectivity index (χ3v) is 6.99. The first-order valence-electron chi connectivity index (χ1n) is 13.5. The number of fused-ring (bicyclic) bond motifs is 1. The van der Waals surface area contributed by atoms with Crippen molar-refractivity contribution in [3.8, 4) is 0 Å². The third kappa shape index (κ3) is 8.17. The molecule has 2 aromatic rings. The average molecular weight is 459 g/mol. The van der Waals surface area contributed by atoms with Gasteiger partial charge in [-0.25, -0.2) is 0 Å². The van der Waals surface area contributed by atoms with E-state index in [2.05, 4.69) is 85.3 Å². The highest BCUT2D eigenvalue weighted by Gasteiger charge is 2.21. The van der Waals surface area contributed by atoms with Crippen molar-refractivity contribution >= 4 is 5.69 Å². The van der Waals surface area contributed by atoms with E-state index in [1.54, 1.807) is 0 Å². The van der Waals surface area contributed by atoms with Gasteiger partial charge in [0.05, 0.1) is 0 Å². The minimum atomic E-state index is 1.01. The maximum atomic E-state index is 4.30. The lowest BCUT2D eigenvalue weighted by molar-refractivity contribution is 0.261. The molecule has 0 saturated heterocycles. The first-order chi connectivity index (χ1) is 16.6. The molecule has 0 N–H and O–H groups in total. The van der Waals surface area contributed by atoms with E-state index >= 15 is 0 Å². The Morgan fingerprint density at radius 3 is 2.26 bits per heavy atom. The van der Waals surface area contributed by atoms with Gasteiger partial charge < -0.3 is 9.80 Å². The fourth-order valence-electron chi connectivity index (χ4n) is 5.25. The SMILES string of the molecule is C=C(C)Cc1ccccc1CCCCCN(CCC)CCCCCN1C(=C)Cc2ccccc21. The summed E-state index contributed by atoms with van der Waals surface area (Å²) in [5.41, 5.74) is 8.29. The summed E-state index contributed by atoms with van der Waals surface area (Å²) in [5.74, 6) is 0. The van der Waals surface area contributed by atoms with Crippen LogP contribution in [0.25, 0.3) is 0 Å². The van der Waals surface area contributed by atoms with Gasteiger partial charge in [-0.15, -0.1) is 0 Å². The minimum Gasteiger partial charge on any atom is -0.345 e. The summed E-state index contributed by atoms with van der Waals surface area (Å²) >= 11 is 0. The molecule has 3 rings (SSSR count). The van der Waals surface area contributed by atoms with E-state index in [-0.39, 0.29) is 0 Å². The van der Waals surface area contributed by atoms with Crippen LogP contribution in [-0.2, 0) is 19.3 Å². The van der Waals surface area contributed by atoms with Crippen LogP contribution in [0.15, 0.2) is 73.0 Å². The summed E-state index contributed by atoms with van der Waals surface area (Å²) < 4.78 is 0. The Kier molecular flexibility index (Phi) is 11.0. The van der Waals surface area contributed by atoms with Crippen LogP contribution in [0.1, 0.15) is 75.5 Å². The summed E-state index contributed by atoms with van der Waals surface area (Å²) in [4.78, 5) is 5.13. The Labute approximate surface area is 209 Å². The molecular formula is C32H46N2. The number of hydrogen-bond acceptors (Lipinski definition) is 2. The van der Waals surface area contributed by atoms with Crippen LogP contribution in [0.5, 0.6) is 0 Å². The average Bonchev–Trinajstić information content (AvgIpc) is 3.14. The zero-order chi connectivity index (χ0) is 24.2. The van der Waals surface area contributed by atoms with Crippen molar-refractivity contribution in [1.82, 2.24) is 4.90 Å². The Balaban J connectivity index is 1.31. The second kappa shape index (κ2) is 14.2. The van der Waals surface area contributed by atoms with Crippen LogP contribution < -0.4 is 4.90 Å². The van der Waals surface area contributed by atoms with Crippen molar-refractivity contribution in [1.29, 1.82) is 0 Å². The normalized spacial score (nSPS) is 13.0. The van der Waals surface area contributed by atoms with E-state index in [0.29, 0.717) is 0 Å². The topological polar surface area (TPSA) is 6.48 Å². The number of rotatable bonds is 16. The monoisotopic (exact) mass is 458 g/mol. The number of benzene rings is 2. The molecule has 0 bridgehead atoms. The molecule has 1 aliphatic heterocycles. The summed E-state index contributed by atoms with van der Waals surface area (Å²) in [6.45, 7) is 17.7. The molecule has 0 aliphatic carbocycles. The molecule has 1 aliphatic rings. The second-order valence-electron chi connectivity index (χ2n) is 10.1. The van der Waals surface area contributed by atoms with E-state index in [1.807, 2.05) is 0 Å². The molecule has 0 spiro atoms. The van der Waals surface area contributed by atoms with Crippen molar-refractivity contribution in [3.63, 3.8) is 0 Å². The molecule has 2 heteroatoms. The number of hydrogen-bond donors (Lipinski definition) is 0. The van der Waals surface area contributed by atoms with Crippen molar-refractivity contribution < 1.29 is 0 Å². The fourth-order valence-corrected chi connectivity index (χ4v) is 5.25. The van der Waals surface area contributed by atoms with Gasteiger partial charge in [-0.2, -0.15) is 0 Å². The quantitative estimate of drug-likeness (QED) is 0.186. The molecule has 184 valence electrons. The van der Waals surface area contributed by atoms with E-state index in [9.17, 15) is 0 Å². The van der Waals surface area contributed by atoms with E-state index in [4.69, 9.17) is 0 Å². The number of aryl methyl sites for hydroxylation is 1. The molecule has 2 nitrogen and oxygen atoms in total. The van der Waals surface area contributed by atoms with Crippen LogP contribution in [0, 0.1) is 0 Å². The highest BCUT2D eigenvalue weighted by molar-refractivity contribution is 5.64. The van der Waals surface area contributed by atoms with Gasteiger partial charge in [-0.05, 0) is 94.3 Å². The molecule has 0 amide bonds. The Morgan fingerprint density at radius 1 is 0.853 bits per heavy atom. The molecular weight excluding hydrogens is 412 g/mol. The standard InChI is InChI=1S/C32H46N2/c1-5-21-33(22-13-6-8-16-29-17-9-10-18-30(29)25-27(2)3)23-14-7-15-24-34-28(4)26-31-19-11-12-20-32(31)34/h9-12,17-20H,2,4-8,13-16,21-26H2,1,3H3. The van der Waals surface area contributed by atoms with Gasteiger partial charge in [0.1, 0.15) is 0 Å². The predicted molar refractivity (Wildman–Crippen MR) is 150 cm³/mol. The lowest BCUT2D eigenvalue weighted by Gasteiger charge is -2.23. The van der Waals surface area contributed by atoms with Gasteiger partial charge in [0, 0.05) is 24.4 Å². The number of unbranched alkanes of at least 4 members (excludes halogenated alkanes) is 4. The Bertz CT molecular complexity index is 913. The Morgan fingerprint density at radius 2 is 1.53 bits per heavy atom. The predicted octanol–water partition coefficient (Wildman–Crippen LogP) is 7.98. The first-order valence-corrected chi connectivity index (χ1v) is 13.5. The van der Waals surface area contributed by atoms with Crippen LogP contribution in [-0.4, -0.2) is 31.1 Å². The van der Waals surface area contributed by atoms with Gasteiger partial charge >= 0.3 is 0 Å². The molecule has 0 aromatic heterocycles. The molecule has 0 saturated carbocycles. The second-order valence-corrected chi connectivity index (χ2v) is 10.1. The van der Waals surface area contributed by atoms with Gasteiger partial charge in [0.2, 0.25) is 0 Å². The summed E-state index contributed by atoms with van der Waals surface area (Å²) in [6.07, 6.45) is 12.2. The van der Waals surface area contributed by atoms with Gasteiger partial charge in [0.15, 0.2) is 0 Å². The third-order valence-electron chi connectivity index (χ3n) is 6.99. The summed E-state index contributed by atoms with van der Waals surface area (Å²) in [7, 11) is 0. The molecule has 0 radical (unpaired) electrons. The van der Waals surface area contributed by atoms with Gasteiger partial charge in [0.25, 0.3) is 0 Å². The molecule has 2 aromatic carbocycles. The largest absolute Gasteiger partial charge is 0.345 e. The number of anilines is 1. The zero-order valence-corrected chi connectivity index (χ0v) is 21.8. The van der Waals surface area contributed by atoms with E-state index in [1.165, 1.54) is 105 Å². The van der Waals surface area contributed by atoms with Crippen LogP contribution >= 0.6 is 0 Å². The van der Waals surface area contributed by atoms with Crippen molar-refractivity contribution in [2.45, 2.75) is 78.1 Å². The first kappa shape index (κ1) is 26.3. The van der Waals surface area contributed by atoms with Crippen molar-refractivity contribution in [2.75, 3.05) is 31.1 Å². The van der Waals surface area contributed by atoms with Crippen LogP contribution in [0.2, 0.25) is 0 Å². The molecule has 0 unspecified atom stereocenters. The molecule has 0 fully saturated rings. The number of nitrogens with zero attached hydrogens (tertiary/aromatic N) is 2. The van der Waals surface area contributed by atoms with Crippen molar-refractivity contribution in [2.24, 2.45) is 0 Å². The number of allylic oxidation sites excluding steroid dienone is 2. The Hall–Kier alpha value is -2.32. The van der Waals surface area contributed by atoms with E-state index < -0.39 is 0 Å². The lowest BCUT2D eigenvalue weighted by Crippen LogP contribution is -2.27. The lowest BCUT2D eigenvalue weighted by atomic mass is 9.97. The van der Waals surface area contributed by atoms with Gasteiger partial charge in [-0.1, -0.05) is 81.0 Å². The molecule has 0 atom stereocenters. The zero-order valence-electron chi connectivity index (χ0n) is 21.8. The molecule has 34 heavy (non-hydrogen) atoms. The summed E-state index contributed by atoms with van der Waals surface area (Å²) in [6, 6.07) is 17.7. The van der Waals surface area contributed by atoms with Crippen LogP contribution in [0.4, 0.5) is 5.69 Å². The highest BCUT2D eigenvalue weighted by atomic mass is 15.2. The minimum absolute atomic E-state index is 1.01. The highest BCUT2D eigenvalue weighted by Crippen LogP contribution is 2.33. The van der Waals surface area contributed by atoms with E-state index in [0.717, 1.165) is 19.4 Å².